The Labute approximate surface area is 135 Å². The van der Waals surface area contributed by atoms with E-state index in [2.05, 4.69) is 22.6 Å². The highest BCUT2D eigenvalue weighted by Gasteiger charge is 2.18. The first-order valence-corrected chi connectivity index (χ1v) is 7.65. The van der Waals surface area contributed by atoms with Crippen LogP contribution in [0.4, 0.5) is 0 Å². The summed E-state index contributed by atoms with van der Waals surface area (Å²) in [6, 6.07) is 4.13. The molecule has 2 aromatic rings. The molecule has 0 bridgehead atoms. The van der Waals surface area contributed by atoms with Crippen molar-refractivity contribution in [2.75, 3.05) is 19.7 Å². The van der Waals surface area contributed by atoms with Crippen LogP contribution in [0.25, 0.3) is 11.1 Å². The SMILES string of the molecule is CC(C)(O)COc1cc(C2=CCNCC2)c2c(C#N)cnn2c1. The van der Waals surface area contributed by atoms with Gasteiger partial charge in [0.2, 0.25) is 0 Å². The van der Waals surface area contributed by atoms with Crippen LogP contribution < -0.4 is 10.1 Å². The van der Waals surface area contributed by atoms with Crippen molar-refractivity contribution in [3.8, 4) is 11.8 Å². The van der Waals surface area contributed by atoms with Gasteiger partial charge in [-0.05, 0) is 38.5 Å². The molecule has 0 saturated carbocycles. The summed E-state index contributed by atoms with van der Waals surface area (Å²) in [6.07, 6.45) is 6.33. The van der Waals surface area contributed by atoms with Crippen LogP contribution in [0.1, 0.15) is 31.4 Å². The highest BCUT2D eigenvalue weighted by atomic mass is 16.5. The Morgan fingerprint density at radius 1 is 1.52 bits per heavy atom. The van der Waals surface area contributed by atoms with Gasteiger partial charge in [-0.3, -0.25) is 0 Å². The number of nitrogens with one attached hydrogen (secondary N) is 1. The van der Waals surface area contributed by atoms with E-state index in [0.717, 1.165) is 30.6 Å². The molecule has 0 saturated heterocycles. The van der Waals surface area contributed by atoms with Gasteiger partial charge in [0.15, 0.2) is 0 Å². The normalized spacial score (nSPS) is 15.3. The Morgan fingerprint density at radius 3 is 3.00 bits per heavy atom. The van der Waals surface area contributed by atoms with E-state index in [4.69, 9.17) is 4.74 Å². The lowest BCUT2D eigenvalue weighted by Gasteiger charge is -2.20. The lowest BCUT2D eigenvalue weighted by molar-refractivity contribution is 0.0283. The first-order chi connectivity index (χ1) is 11.0. The largest absolute Gasteiger partial charge is 0.489 e. The molecule has 2 aromatic heterocycles. The molecule has 120 valence electrons. The zero-order valence-corrected chi connectivity index (χ0v) is 13.3. The molecule has 0 unspecified atom stereocenters. The molecule has 3 heterocycles. The van der Waals surface area contributed by atoms with Gasteiger partial charge in [-0.1, -0.05) is 6.08 Å². The smallest absolute Gasteiger partial charge is 0.138 e. The fourth-order valence-corrected chi connectivity index (χ4v) is 2.63. The Bertz CT molecular complexity index is 793. The fourth-order valence-electron chi connectivity index (χ4n) is 2.63. The number of hydrogen-bond donors (Lipinski definition) is 2. The summed E-state index contributed by atoms with van der Waals surface area (Å²) in [5.41, 5.74) is 2.59. The van der Waals surface area contributed by atoms with Gasteiger partial charge in [0.1, 0.15) is 18.4 Å². The number of fused-ring (bicyclic) bond motifs is 1. The van der Waals surface area contributed by atoms with Crippen LogP contribution in [0.2, 0.25) is 0 Å². The second-order valence-electron chi connectivity index (χ2n) is 6.34. The summed E-state index contributed by atoms with van der Waals surface area (Å²) in [4.78, 5) is 0. The second-order valence-corrected chi connectivity index (χ2v) is 6.34. The number of rotatable bonds is 4. The number of aromatic nitrogens is 2. The van der Waals surface area contributed by atoms with E-state index < -0.39 is 5.60 Å². The minimum Gasteiger partial charge on any atom is -0.489 e. The molecular weight excluding hydrogens is 292 g/mol. The molecule has 0 atom stereocenters. The van der Waals surface area contributed by atoms with Crippen LogP contribution in [0.3, 0.4) is 0 Å². The Balaban J connectivity index is 2.08. The maximum atomic E-state index is 9.84. The van der Waals surface area contributed by atoms with Crippen LogP contribution in [0.5, 0.6) is 5.75 Å². The Morgan fingerprint density at radius 2 is 2.35 bits per heavy atom. The number of pyridine rings is 1. The first kappa shape index (κ1) is 15.5. The van der Waals surface area contributed by atoms with Gasteiger partial charge in [0, 0.05) is 12.1 Å². The van der Waals surface area contributed by atoms with Crippen molar-refractivity contribution in [3.63, 3.8) is 0 Å². The molecule has 1 aliphatic heterocycles. The fraction of sp³-hybridized carbons (Fsp3) is 0.412. The molecule has 0 fully saturated rings. The number of nitriles is 1. The molecule has 0 radical (unpaired) electrons. The predicted molar refractivity (Wildman–Crippen MR) is 87.2 cm³/mol. The van der Waals surface area contributed by atoms with Crippen LogP contribution in [-0.2, 0) is 0 Å². The molecule has 1 aliphatic rings. The van der Waals surface area contributed by atoms with Crippen LogP contribution in [0.15, 0.2) is 24.5 Å². The number of ether oxygens (including phenoxy) is 1. The predicted octanol–water partition coefficient (Wildman–Crippen LogP) is 1.73. The minimum absolute atomic E-state index is 0.185. The van der Waals surface area contributed by atoms with E-state index in [-0.39, 0.29) is 6.61 Å². The van der Waals surface area contributed by atoms with E-state index in [1.807, 2.05) is 6.07 Å². The van der Waals surface area contributed by atoms with Crippen LogP contribution in [-0.4, -0.2) is 40.0 Å². The van der Waals surface area contributed by atoms with Crippen molar-refractivity contribution in [1.29, 1.82) is 5.26 Å². The monoisotopic (exact) mass is 312 g/mol. The van der Waals surface area contributed by atoms with E-state index in [1.54, 1.807) is 30.8 Å². The average Bonchev–Trinajstić information content (AvgIpc) is 2.95. The first-order valence-electron chi connectivity index (χ1n) is 7.65. The zero-order chi connectivity index (χ0) is 16.4. The van der Waals surface area contributed by atoms with Crippen LogP contribution >= 0.6 is 0 Å². The van der Waals surface area contributed by atoms with Gasteiger partial charge in [-0.25, -0.2) is 4.52 Å². The molecule has 0 aromatic carbocycles. The Kier molecular flexibility index (Phi) is 4.07. The number of nitrogens with zero attached hydrogens (tertiary/aromatic N) is 3. The number of aliphatic hydroxyl groups is 1. The highest BCUT2D eigenvalue weighted by Crippen LogP contribution is 2.30. The van der Waals surface area contributed by atoms with Gasteiger partial charge < -0.3 is 15.2 Å². The molecule has 3 rings (SSSR count). The second kappa shape index (κ2) is 6.03. The van der Waals surface area contributed by atoms with Crippen molar-refractivity contribution >= 4 is 11.1 Å². The van der Waals surface area contributed by atoms with E-state index in [1.165, 1.54) is 5.57 Å². The maximum Gasteiger partial charge on any atom is 0.138 e. The van der Waals surface area contributed by atoms with Crippen molar-refractivity contribution in [1.82, 2.24) is 14.9 Å². The van der Waals surface area contributed by atoms with Crippen LogP contribution in [0, 0.1) is 11.3 Å². The quantitative estimate of drug-likeness (QED) is 0.898. The Hall–Kier alpha value is -2.36. The highest BCUT2D eigenvalue weighted by molar-refractivity contribution is 5.83. The summed E-state index contributed by atoms with van der Waals surface area (Å²) in [7, 11) is 0. The molecule has 0 spiro atoms. The third-order valence-corrected chi connectivity index (χ3v) is 3.71. The molecule has 0 aliphatic carbocycles. The molecular formula is C17H20N4O2. The van der Waals surface area contributed by atoms with Crippen molar-refractivity contribution in [2.24, 2.45) is 0 Å². The van der Waals surface area contributed by atoms with Gasteiger partial charge in [-0.15, -0.1) is 0 Å². The molecule has 6 heteroatoms. The molecule has 6 nitrogen and oxygen atoms in total. The summed E-state index contributed by atoms with van der Waals surface area (Å²) in [5, 5.41) is 26.7. The van der Waals surface area contributed by atoms with Crippen molar-refractivity contribution < 1.29 is 9.84 Å². The lowest BCUT2D eigenvalue weighted by Crippen LogP contribution is -2.28. The third-order valence-electron chi connectivity index (χ3n) is 3.71. The number of hydrogen-bond acceptors (Lipinski definition) is 5. The van der Waals surface area contributed by atoms with Gasteiger partial charge in [-0.2, -0.15) is 10.4 Å². The van der Waals surface area contributed by atoms with Gasteiger partial charge in [0.05, 0.1) is 29.1 Å². The summed E-state index contributed by atoms with van der Waals surface area (Å²) < 4.78 is 7.39. The van der Waals surface area contributed by atoms with Gasteiger partial charge in [0.25, 0.3) is 0 Å². The molecule has 0 amide bonds. The minimum atomic E-state index is -0.912. The summed E-state index contributed by atoms with van der Waals surface area (Å²) in [6.45, 7) is 5.30. The molecule has 2 N–H and O–H groups in total. The average molecular weight is 312 g/mol. The third kappa shape index (κ3) is 3.36. The zero-order valence-electron chi connectivity index (χ0n) is 13.3. The van der Waals surface area contributed by atoms with E-state index in [0.29, 0.717) is 11.3 Å². The topological polar surface area (TPSA) is 82.6 Å². The van der Waals surface area contributed by atoms with Crippen molar-refractivity contribution in [3.05, 3.63) is 35.7 Å². The van der Waals surface area contributed by atoms with E-state index in [9.17, 15) is 10.4 Å². The van der Waals surface area contributed by atoms with Crippen molar-refractivity contribution in [2.45, 2.75) is 25.9 Å². The summed E-state index contributed by atoms with van der Waals surface area (Å²) in [5.74, 6) is 0.627. The maximum absolute atomic E-state index is 9.84. The van der Waals surface area contributed by atoms with E-state index >= 15 is 0 Å². The molecule has 23 heavy (non-hydrogen) atoms. The lowest BCUT2D eigenvalue weighted by atomic mass is 9.98. The standard InChI is InChI=1S/C17H20N4O2/c1-17(2,22)11-23-14-7-15(12-3-5-19-6-4-12)16-13(8-18)9-20-21(16)10-14/h3,7,9-10,19,22H,4-6,11H2,1-2H3. The summed E-state index contributed by atoms with van der Waals surface area (Å²) >= 11 is 0. The van der Waals surface area contributed by atoms with Gasteiger partial charge >= 0.3 is 0 Å².